The zero-order valence-corrected chi connectivity index (χ0v) is 8.76. The van der Waals surface area contributed by atoms with Crippen molar-refractivity contribution in [3.63, 3.8) is 0 Å². The number of carboxylic acids is 1. The summed E-state index contributed by atoms with van der Waals surface area (Å²) in [6.07, 6.45) is -5.51. The Morgan fingerprint density at radius 3 is 2.12 bits per heavy atom. The minimum absolute atomic E-state index is 0.218. The molecule has 1 unspecified atom stereocenters. The molecule has 0 saturated heterocycles. The number of aliphatic carboxylic acids is 1. The first kappa shape index (κ1) is 13.3. The van der Waals surface area contributed by atoms with Gasteiger partial charge >= 0.3 is 12.1 Å². The van der Waals surface area contributed by atoms with Crippen molar-refractivity contribution < 1.29 is 28.2 Å². The van der Waals surface area contributed by atoms with Gasteiger partial charge in [-0.15, -0.1) is 0 Å². The highest BCUT2D eigenvalue weighted by molar-refractivity contribution is 5.74. The molecule has 1 fully saturated rings. The predicted octanol–water partition coefficient (Wildman–Crippen LogP) is 2.33. The van der Waals surface area contributed by atoms with Gasteiger partial charge in [0.15, 0.2) is 6.10 Å². The summed E-state index contributed by atoms with van der Waals surface area (Å²) in [5, 5.41) is 18.0. The Hall–Kier alpha value is -0.780. The maximum atomic E-state index is 12.2. The number of halogens is 3. The van der Waals surface area contributed by atoms with Gasteiger partial charge in [-0.1, -0.05) is 19.3 Å². The summed E-state index contributed by atoms with van der Waals surface area (Å²) in [6, 6.07) is 0. The molecule has 0 radical (unpaired) electrons. The number of aliphatic hydroxyl groups excluding tert-OH is 1. The van der Waals surface area contributed by atoms with Gasteiger partial charge in [0.1, 0.15) is 0 Å². The van der Waals surface area contributed by atoms with Crippen LogP contribution in [-0.2, 0) is 4.79 Å². The highest BCUT2D eigenvalue weighted by Gasteiger charge is 2.48. The second-order valence-corrected chi connectivity index (χ2v) is 4.41. The van der Waals surface area contributed by atoms with Crippen LogP contribution < -0.4 is 0 Å². The molecule has 2 N–H and O–H groups in total. The van der Waals surface area contributed by atoms with E-state index >= 15 is 0 Å². The topological polar surface area (TPSA) is 57.5 Å². The molecular formula is C10H15F3O3. The lowest BCUT2D eigenvalue weighted by Crippen LogP contribution is -2.41. The third-order valence-electron chi connectivity index (χ3n) is 3.23. The van der Waals surface area contributed by atoms with E-state index in [1.54, 1.807) is 0 Å². The Kier molecular flexibility index (Phi) is 3.83. The highest BCUT2D eigenvalue weighted by atomic mass is 19.4. The van der Waals surface area contributed by atoms with Crippen molar-refractivity contribution in [1.82, 2.24) is 0 Å². The molecule has 94 valence electrons. The van der Waals surface area contributed by atoms with Gasteiger partial charge < -0.3 is 10.2 Å². The number of carboxylic acid groups (broad SMARTS) is 1. The molecule has 6 heteroatoms. The zero-order chi connectivity index (χ0) is 12.4. The molecule has 1 atom stereocenters. The molecule has 1 rings (SSSR count). The van der Waals surface area contributed by atoms with Crippen molar-refractivity contribution in [3.8, 4) is 0 Å². The van der Waals surface area contributed by atoms with Crippen molar-refractivity contribution in [2.75, 3.05) is 0 Å². The lowest BCUT2D eigenvalue weighted by Gasteiger charge is -2.35. The van der Waals surface area contributed by atoms with Crippen LogP contribution in [0.25, 0.3) is 0 Å². The second-order valence-electron chi connectivity index (χ2n) is 4.41. The van der Waals surface area contributed by atoms with Crippen LogP contribution >= 0.6 is 0 Å². The van der Waals surface area contributed by atoms with E-state index in [-0.39, 0.29) is 12.8 Å². The van der Waals surface area contributed by atoms with Crippen LogP contribution in [0.2, 0.25) is 0 Å². The standard InChI is InChI=1S/C10H15F3O3/c11-10(12,13)7(14)6-9(8(15)16)4-2-1-3-5-9/h7,14H,1-6H2,(H,15,16). The second kappa shape index (κ2) is 4.61. The molecular weight excluding hydrogens is 225 g/mol. The van der Waals surface area contributed by atoms with Crippen LogP contribution in [0.3, 0.4) is 0 Å². The largest absolute Gasteiger partial charge is 0.481 e. The van der Waals surface area contributed by atoms with Gasteiger partial charge in [0.2, 0.25) is 0 Å². The average Bonchev–Trinajstić information content (AvgIpc) is 2.17. The molecule has 0 amide bonds. The fraction of sp³-hybridized carbons (Fsp3) is 0.900. The number of carbonyl (C=O) groups is 1. The summed E-state index contributed by atoms with van der Waals surface area (Å²) in [5.41, 5.74) is -1.40. The predicted molar refractivity (Wildman–Crippen MR) is 49.8 cm³/mol. The number of hydrogen-bond acceptors (Lipinski definition) is 2. The monoisotopic (exact) mass is 240 g/mol. The van der Waals surface area contributed by atoms with E-state index in [9.17, 15) is 18.0 Å². The Bertz CT molecular complexity index is 257. The normalized spacial score (nSPS) is 22.8. The van der Waals surface area contributed by atoms with E-state index in [1.807, 2.05) is 0 Å². The summed E-state index contributed by atoms with van der Waals surface area (Å²) >= 11 is 0. The quantitative estimate of drug-likeness (QED) is 0.796. The highest BCUT2D eigenvalue weighted by Crippen LogP contribution is 2.42. The third-order valence-corrected chi connectivity index (χ3v) is 3.23. The summed E-state index contributed by atoms with van der Waals surface area (Å²) in [5.74, 6) is -1.23. The van der Waals surface area contributed by atoms with Crippen LogP contribution in [0.15, 0.2) is 0 Å². The molecule has 0 bridgehead atoms. The Morgan fingerprint density at radius 2 is 1.75 bits per heavy atom. The molecule has 0 spiro atoms. The average molecular weight is 240 g/mol. The lowest BCUT2D eigenvalue weighted by atomic mass is 9.70. The van der Waals surface area contributed by atoms with Gasteiger partial charge in [0.25, 0.3) is 0 Å². The van der Waals surface area contributed by atoms with Crippen molar-refractivity contribution in [3.05, 3.63) is 0 Å². The first-order valence-corrected chi connectivity index (χ1v) is 5.26. The fourth-order valence-corrected chi connectivity index (χ4v) is 2.22. The third kappa shape index (κ3) is 2.87. The maximum Gasteiger partial charge on any atom is 0.414 e. The number of alkyl halides is 3. The van der Waals surface area contributed by atoms with Crippen LogP contribution in [-0.4, -0.2) is 28.5 Å². The van der Waals surface area contributed by atoms with E-state index in [0.29, 0.717) is 12.8 Å². The van der Waals surface area contributed by atoms with E-state index < -0.39 is 30.1 Å². The lowest BCUT2D eigenvalue weighted by molar-refractivity contribution is -0.215. The summed E-state index contributed by atoms with van der Waals surface area (Å²) in [7, 11) is 0. The fourth-order valence-electron chi connectivity index (χ4n) is 2.22. The number of rotatable bonds is 3. The molecule has 0 aromatic carbocycles. The smallest absolute Gasteiger partial charge is 0.414 e. The van der Waals surface area contributed by atoms with Gasteiger partial charge in [-0.05, 0) is 19.3 Å². The van der Waals surface area contributed by atoms with Gasteiger partial charge in [0, 0.05) is 0 Å². The zero-order valence-electron chi connectivity index (χ0n) is 8.76. The minimum Gasteiger partial charge on any atom is -0.481 e. The Morgan fingerprint density at radius 1 is 1.25 bits per heavy atom. The molecule has 16 heavy (non-hydrogen) atoms. The van der Waals surface area contributed by atoms with Crippen LogP contribution in [0.5, 0.6) is 0 Å². The Labute approximate surface area is 91.3 Å². The van der Waals surface area contributed by atoms with E-state index in [0.717, 1.165) is 6.42 Å². The van der Waals surface area contributed by atoms with Gasteiger partial charge in [0.05, 0.1) is 5.41 Å². The Balaban J connectivity index is 2.75. The summed E-state index contributed by atoms with van der Waals surface area (Å²) in [4.78, 5) is 11.1. The molecule has 0 heterocycles. The first-order valence-electron chi connectivity index (χ1n) is 5.26. The molecule has 0 aromatic heterocycles. The van der Waals surface area contributed by atoms with Crippen molar-refractivity contribution >= 4 is 5.97 Å². The molecule has 0 aromatic rings. The molecule has 1 saturated carbocycles. The van der Waals surface area contributed by atoms with Gasteiger partial charge in [-0.25, -0.2) is 0 Å². The van der Waals surface area contributed by atoms with Gasteiger partial charge in [-0.2, -0.15) is 13.2 Å². The van der Waals surface area contributed by atoms with Crippen molar-refractivity contribution in [2.24, 2.45) is 5.41 Å². The molecule has 1 aliphatic rings. The molecule has 0 aliphatic heterocycles. The summed E-state index contributed by atoms with van der Waals surface area (Å²) in [6.45, 7) is 0. The van der Waals surface area contributed by atoms with E-state index in [1.165, 1.54) is 0 Å². The van der Waals surface area contributed by atoms with Crippen molar-refractivity contribution in [1.29, 1.82) is 0 Å². The van der Waals surface area contributed by atoms with Crippen LogP contribution in [0.4, 0.5) is 13.2 Å². The maximum absolute atomic E-state index is 12.2. The molecule has 3 nitrogen and oxygen atoms in total. The van der Waals surface area contributed by atoms with Gasteiger partial charge in [-0.3, -0.25) is 4.79 Å². The van der Waals surface area contributed by atoms with Crippen molar-refractivity contribution in [2.45, 2.75) is 50.8 Å². The van der Waals surface area contributed by atoms with E-state index in [4.69, 9.17) is 10.2 Å². The van der Waals surface area contributed by atoms with Crippen LogP contribution in [0.1, 0.15) is 38.5 Å². The SMILES string of the molecule is O=C(O)C1(CC(O)C(F)(F)F)CCCCC1. The van der Waals surface area contributed by atoms with Crippen LogP contribution in [0, 0.1) is 5.41 Å². The number of aliphatic hydroxyl groups is 1. The number of hydrogen-bond donors (Lipinski definition) is 2. The minimum atomic E-state index is -4.74. The molecule has 1 aliphatic carbocycles. The van der Waals surface area contributed by atoms with E-state index in [2.05, 4.69) is 0 Å². The summed E-state index contributed by atoms with van der Waals surface area (Å²) < 4.78 is 36.6. The first-order chi connectivity index (χ1) is 7.28.